The second kappa shape index (κ2) is 9.35. The van der Waals surface area contributed by atoms with Crippen LogP contribution in [0.2, 0.25) is 0 Å². The van der Waals surface area contributed by atoms with Gasteiger partial charge in [0.2, 0.25) is 5.91 Å². The predicted molar refractivity (Wildman–Crippen MR) is 136 cm³/mol. The minimum Gasteiger partial charge on any atom is -0.491 e. The molecule has 0 unspecified atom stereocenters. The summed E-state index contributed by atoms with van der Waals surface area (Å²) >= 11 is 1.31. The topological polar surface area (TPSA) is 119 Å². The normalized spacial score (nSPS) is 21.5. The van der Waals surface area contributed by atoms with Crippen molar-refractivity contribution in [3.05, 3.63) is 46.5 Å². The maximum atomic E-state index is 13.0. The standard InChI is InChI=1S/C25H29N5O4S/c1-13-4-7-18-22(26)23(35-25(18)27-13)24(32)29-16-8-15-5-6-17(9-20(15)34-12-16)30-10-19(28-14(2)31)21(11-30)33-3/h4-7,9,16,19,21H,8,10-12,26H2,1-3H3,(H,28,31)(H,29,32)/t16-,19+,21+/m1/s1. The first-order valence-electron chi connectivity index (χ1n) is 11.6. The van der Waals surface area contributed by atoms with Crippen LogP contribution in [0.15, 0.2) is 30.3 Å². The summed E-state index contributed by atoms with van der Waals surface area (Å²) in [6, 6.07) is 9.69. The zero-order chi connectivity index (χ0) is 24.7. The van der Waals surface area contributed by atoms with Crippen LogP contribution in [-0.2, 0) is 16.0 Å². The Balaban J connectivity index is 1.26. The number of pyridine rings is 1. The highest BCUT2D eigenvalue weighted by molar-refractivity contribution is 7.21. The molecule has 2 aliphatic heterocycles. The zero-order valence-electron chi connectivity index (χ0n) is 20.0. The van der Waals surface area contributed by atoms with Gasteiger partial charge in [0.15, 0.2) is 0 Å². The number of nitrogens with one attached hydrogen (secondary N) is 2. The molecule has 2 aliphatic rings. The molecule has 1 saturated heterocycles. The number of rotatable bonds is 5. The highest BCUT2D eigenvalue weighted by atomic mass is 32.1. The molecule has 10 heteroatoms. The number of nitrogens with two attached hydrogens (primary N) is 1. The third-order valence-electron chi connectivity index (χ3n) is 6.55. The lowest BCUT2D eigenvalue weighted by Crippen LogP contribution is -2.42. The van der Waals surface area contributed by atoms with Gasteiger partial charge in [0.05, 0.1) is 23.9 Å². The maximum Gasteiger partial charge on any atom is 0.263 e. The van der Waals surface area contributed by atoms with Gasteiger partial charge in [-0.05, 0) is 37.1 Å². The molecule has 184 valence electrons. The summed E-state index contributed by atoms with van der Waals surface area (Å²) in [5, 5.41) is 6.85. The summed E-state index contributed by atoms with van der Waals surface area (Å²) in [6.45, 7) is 5.16. The van der Waals surface area contributed by atoms with Gasteiger partial charge in [0, 0.05) is 50.0 Å². The molecule has 2 aromatic heterocycles. The molecule has 2 amide bonds. The second-order valence-electron chi connectivity index (χ2n) is 9.11. The van der Waals surface area contributed by atoms with Crippen molar-refractivity contribution >= 4 is 44.7 Å². The molecule has 4 N–H and O–H groups in total. The Bertz CT molecular complexity index is 1290. The Morgan fingerprint density at radius 3 is 2.83 bits per heavy atom. The molecule has 3 atom stereocenters. The third-order valence-corrected chi connectivity index (χ3v) is 7.67. The predicted octanol–water partition coefficient (Wildman–Crippen LogP) is 2.26. The Kier molecular flexibility index (Phi) is 6.24. The van der Waals surface area contributed by atoms with Gasteiger partial charge in [-0.15, -0.1) is 11.3 Å². The fourth-order valence-electron chi connectivity index (χ4n) is 4.78. The Morgan fingerprint density at radius 1 is 1.23 bits per heavy atom. The Labute approximate surface area is 207 Å². The van der Waals surface area contributed by atoms with Crippen molar-refractivity contribution in [3.63, 3.8) is 0 Å². The zero-order valence-corrected chi connectivity index (χ0v) is 20.8. The van der Waals surface area contributed by atoms with E-state index in [4.69, 9.17) is 15.2 Å². The molecular formula is C25H29N5O4S. The van der Waals surface area contributed by atoms with Crippen molar-refractivity contribution < 1.29 is 19.1 Å². The Hall–Kier alpha value is -3.37. The van der Waals surface area contributed by atoms with E-state index in [1.807, 2.05) is 37.3 Å². The van der Waals surface area contributed by atoms with Crippen LogP contribution in [0, 0.1) is 6.92 Å². The fourth-order valence-corrected chi connectivity index (χ4v) is 5.83. The number of ether oxygens (including phenoxy) is 2. The maximum absolute atomic E-state index is 13.0. The molecule has 3 aromatic rings. The van der Waals surface area contributed by atoms with E-state index >= 15 is 0 Å². The molecular weight excluding hydrogens is 466 g/mol. The second-order valence-corrected chi connectivity index (χ2v) is 10.1. The van der Waals surface area contributed by atoms with Gasteiger partial charge >= 0.3 is 0 Å². The molecule has 0 bridgehead atoms. The van der Waals surface area contributed by atoms with Crippen molar-refractivity contribution in [2.45, 2.75) is 38.5 Å². The lowest BCUT2D eigenvalue weighted by atomic mass is 10.0. The average Bonchev–Trinajstić information content (AvgIpc) is 3.38. The third kappa shape index (κ3) is 4.63. The van der Waals surface area contributed by atoms with Crippen LogP contribution < -0.4 is 26.0 Å². The van der Waals surface area contributed by atoms with E-state index in [1.165, 1.54) is 18.3 Å². The van der Waals surface area contributed by atoms with Crippen molar-refractivity contribution in [2.24, 2.45) is 0 Å². The van der Waals surface area contributed by atoms with Gasteiger partial charge in [-0.2, -0.15) is 0 Å². The Morgan fingerprint density at radius 2 is 2.06 bits per heavy atom. The fraction of sp³-hybridized carbons (Fsp3) is 0.400. The number of carbonyl (C=O) groups excluding carboxylic acids is 2. The van der Waals surface area contributed by atoms with E-state index in [1.54, 1.807) is 7.11 Å². The van der Waals surface area contributed by atoms with Gasteiger partial charge in [0.25, 0.3) is 5.91 Å². The lowest BCUT2D eigenvalue weighted by molar-refractivity contribution is -0.120. The van der Waals surface area contributed by atoms with E-state index in [2.05, 4.69) is 20.5 Å². The van der Waals surface area contributed by atoms with Crippen LogP contribution in [0.3, 0.4) is 0 Å². The van der Waals surface area contributed by atoms with Crippen LogP contribution in [0.1, 0.15) is 27.9 Å². The quantitative estimate of drug-likeness (QED) is 0.497. The summed E-state index contributed by atoms with van der Waals surface area (Å²) in [6.07, 6.45) is 0.592. The first-order chi connectivity index (χ1) is 16.8. The number of carbonyl (C=O) groups is 2. The molecule has 0 aliphatic carbocycles. The van der Waals surface area contributed by atoms with E-state index in [0.29, 0.717) is 36.7 Å². The molecule has 1 aromatic carbocycles. The summed E-state index contributed by atoms with van der Waals surface area (Å²) in [4.78, 5) is 32.4. The van der Waals surface area contributed by atoms with Crippen LogP contribution >= 0.6 is 11.3 Å². The van der Waals surface area contributed by atoms with Gasteiger partial charge < -0.3 is 30.7 Å². The summed E-state index contributed by atoms with van der Waals surface area (Å²) < 4.78 is 11.6. The summed E-state index contributed by atoms with van der Waals surface area (Å²) in [5.74, 6) is 0.541. The minimum atomic E-state index is -0.205. The first-order valence-corrected chi connectivity index (χ1v) is 12.4. The van der Waals surface area contributed by atoms with Crippen LogP contribution in [0.25, 0.3) is 10.2 Å². The molecule has 35 heavy (non-hydrogen) atoms. The van der Waals surface area contributed by atoms with Crippen LogP contribution in [0.4, 0.5) is 11.4 Å². The van der Waals surface area contributed by atoms with Crippen molar-refractivity contribution in [1.29, 1.82) is 0 Å². The van der Waals surface area contributed by atoms with Crippen molar-refractivity contribution in [1.82, 2.24) is 15.6 Å². The summed E-state index contributed by atoms with van der Waals surface area (Å²) in [5.41, 5.74) is 9.65. The largest absolute Gasteiger partial charge is 0.491 e. The number of anilines is 2. The van der Waals surface area contributed by atoms with Crippen LogP contribution in [0.5, 0.6) is 5.75 Å². The molecule has 0 saturated carbocycles. The number of aromatic nitrogens is 1. The molecule has 5 rings (SSSR count). The van der Waals surface area contributed by atoms with Crippen LogP contribution in [-0.4, -0.2) is 61.8 Å². The highest BCUT2D eigenvalue weighted by Gasteiger charge is 2.34. The number of hydrogen-bond donors (Lipinski definition) is 3. The number of benzene rings is 1. The molecule has 9 nitrogen and oxygen atoms in total. The smallest absolute Gasteiger partial charge is 0.263 e. The SMILES string of the molecule is CO[C@H]1CN(c2ccc3c(c2)OC[C@H](NC(=O)c2sc4nc(C)ccc4c2N)C3)C[C@@H]1NC(C)=O. The minimum absolute atomic E-state index is 0.0607. The number of nitrogens with zero attached hydrogens (tertiary/aromatic N) is 2. The van der Waals surface area contributed by atoms with Gasteiger partial charge in [-0.3, -0.25) is 9.59 Å². The molecule has 1 fully saturated rings. The average molecular weight is 496 g/mol. The highest BCUT2D eigenvalue weighted by Crippen LogP contribution is 2.34. The molecule has 0 radical (unpaired) electrons. The van der Waals surface area contributed by atoms with Crippen molar-refractivity contribution in [3.8, 4) is 5.75 Å². The van der Waals surface area contributed by atoms with E-state index in [0.717, 1.165) is 32.9 Å². The van der Waals surface area contributed by atoms with Crippen molar-refractivity contribution in [2.75, 3.05) is 37.4 Å². The number of hydrogen-bond acceptors (Lipinski definition) is 8. The summed E-state index contributed by atoms with van der Waals surface area (Å²) in [7, 11) is 1.66. The molecule has 0 spiro atoms. The van der Waals surface area contributed by atoms with E-state index in [-0.39, 0.29) is 30.0 Å². The van der Waals surface area contributed by atoms with Gasteiger partial charge in [-0.25, -0.2) is 4.98 Å². The van der Waals surface area contributed by atoms with E-state index < -0.39 is 0 Å². The van der Waals surface area contributed by atoms with Gasteiger partial charge in [0.1, 0.15) is 22.1 Å². The molecule has 4 heterocycles. The number of methoxy groups -OCH3 is 1. The van der Waals surface area contributed by atoms with Gasteiger partial charge in [-0.1, -0.05) is 6.07 Å². The number of nitrogen functional groups attached to an aromatic ring is 1. The monoisotopic (exact) mass is 495 g/mol. The number of fused-ring (bicyclic) bond motifs is 2. The number of aryl methyl sites for hydroxylation is 1. The number of amides is 2. The first kappa shape index (κ1) is 23.4. The lowest BCUT2D eigenvalue weighted by Gasteiger charge is -2.28. The van der Waals surface area contributed by atoms with E-state index in [9.17, 15) is 9.59 Å². The number of thiophene rings is 1.